The van der Waals surface area contributed by atoms with Gasteiger partial charge in [-0.25, -0.2) is 4.79 Å². The Kier molecular flexibility index (Phi) is 3.66. The summed E-state index contributed by atoms with van der Waals surface area (Å²) in [4.78, 5) is 30.0. The molecule has 7 nitrogen and oxygen atoms in total. The van der Waals surface area contributed by atoms with Gasteiger partial charge in [-0.15, -0.1) is 0 Å². The molecule has 0 unspecified atom stereocenters. The van der Waals surface area contributed by atoms with E-state index in [-0.39, 0.29) is 11.2 Å². The first kappa shape index (κ1) is 15.6. The Morgan fingerprint density at radius 2 is 1.74 bits per heavy atom. The number of rotatable bonds is 4. The van der Waals surface area contributed by atoms with Crippen LogP contribution in [0.5, 0.6) is 0 Å². The van der Waals surface area contributed by atoms with Crippen LogP contribution in [0.1, 0.15) is 38.1 Å². The Labute approximate surface area is 133 Å². The number of aryl methyl sites for hydroxylation is 3. The van der Waals surface area contributed by atoms with Gasteiger partial charge in [-0.05, 0) is 27.2 Å². The second kappa shape index (κ2) is 5.40. The molecule has 23 heavy (non-hydrogen) atoms. The average Bonchev–Trinajstić information content (AvgIpc) is 3.02. The average molecular weight is 317 g/mol. The van der Waals surface area contributed by atoms with Crippen LogP contribution in [-0.4, -0.2) is 23.1 Å². The lowest BCUT2D eigenvalue weighted by Gasteiger charge is -2.07. The van der Waals surface area contributed by atoms with E-state index in [9.17, 15) is 9.59 Å². The first-order chi connectivity index (χ1) is 10.9. The minimum Gasteiger partial charge on any atom is -0.314 e. The third-order valence-corrected chi connectivity index (χ3v) is 4.68. The van der Waals surface area contributed by atoms with Gasteiger partial charge < -0.3 is 4.57 Å². The summed E-state index contributed by atoms with van der Waals surface area (Å²) in [5.74, 6) is 0.720. The summed E-state index contributed by atoms with van der Waals surface area (Å²) in [6, 6.07) is 0. The highest BCUT2D eigenvalue weighted by atomic mass is 16.2. The fourth-order valence-electron chi connectivity index (χ4n) is 3.21. The monoisotopic (exact) mass is 317 g/mol. The summed E-state index contributed by atoms with van der Waals surface area (Å²) in [5.41, 5.74) is 2.47. The molecule has 0 fully saturated rings. The van der Waals surface area contributed by atoms with Crippen molar-refractivity contribution in [2.24, 2.45) is 7.05 Å². The van der Waals surface area contributed by atoms with Gasteiger partial charge in [-0.1, -0.05) is 13.3 Å². The molecule has 0 spiro atoms. The predicted molar refractivity (Wildman–Crippen MR) is 90.2 cm³/mol. The Bertz CT molecular complexity index is 1020. The minimum absolute atomic E-state index is 0.250. The molecule has 0 amide bonds. The van der Waals surface area contributed by atoms with Crippen molar-refractivity contribution in [3.8, 4) is 0 Å². The SMILES string of the molecule is CCCCn1c(=O)c2c(nc3n(CC)c(C)c(C)n23)n(C)c1=O. The predicted octanol–water partition coefficient (Wildman–Crippen LogP) is 1.59. The molecule has 0 radical (unpaired) electrons. The molecule has 3 aromatic rings. The van der Waals surface area contributed by atoms with E-state index in [1.807, 2.05) is 32.1 Å². The highest BCUT2D eigenvalue weighted by Gasteiger charge is 2.21. The first-order valence-electron chi connectivity index (χ1n) is 8.11. The van der Waals surface area contributed by atoms with Crippen LogP contribution in [0.15, 0.2) is 9.59 Å². The van der Waals surface area contributed by atoms with Gasteiger partial charge in [0.05, 0.1) is 0 Å². The number of hydrogen-bond donors (Lipinski definition) is 0. The summed E-state index contributed by atoms with van der Waals surface area (Å²) in [6.07, 6.45) is 1.73. The van der Waals surface area contributed by atoms with E-state index in [1.165, 1.54) is 9.13 Å². The number of nitrogens with zero attached hydrogens (tertiary/aromatic N) is 5. The van der Waals surface area contributed by atoms with Crippen molar-refractivity contribution in [2.45, 2.75) is 53.6 Å². The third kappa shape index (κ3) is 1.99. The fraction of sp³-hybridized carbons (Fsp3) is 0.562. The molecule has 7 heteroatoms. The van der Waals surface area contributed by atoms with Gasteiger partial charge in [0, 0.05) is 31.5 Å². The normalized spacial score (nSPS) is 11.9. The summed E-state index contributed by atoms with van der Waals surface area (Å²) in [7, 11) is 1.68. The summed E-state index contributed by atoms with van der Waals surface area (Å²) in [5, 5.41) is 0. The molecule has 0 saturated carbocycles. The Hall–Kier alpha value is -2.31. The topological polar surface area (TPSA) is 66.2 Å². The van der Waals surface area contributed by atoms with Crippen molar-refractivity contribution in [2.75, 3.05) is 0 Å². The van der Waals surface area contributed by atoms with Crippen LogP contribution in [0, 0.1) is 13.8 Å². The highest BCUT2D eigenvalue weighted by molar-refractivity contribution is 5.76. The molecule has 0 aliphatic heterocycles. The number of fused-ring (bicyclic) bond motifs is 3. The van der Waals surface area contributed by atoms with E-state index in [0.29, 0.717) is 17.7 Å². The maximum Gasteiger partial charge on any atom is 0.332 e. The molecule has 0 aromatic carbocycles. The molecule has 0 saturated heterocycles. The van der Waals surface area contributed by atoms with Crippen LogP contribution in [0.2, 0.25) is 0 Å². The van der Waals surface area contributed by atoms with Crippen molar-refractivity contribution < 1.29 is 0 Å². The van der Waals surface area contributed by atoms with Crippen molar-refractivity contribution in [3.05, 3.63) is 32.2 Å². The molecule has 0 atom stereocenters. The van der Waals surface area contributed by atoms with Crippen molar-refractivity contribution in [3.63, 3.8) is 0 Å². The third-order valence-electron chi connectivity index (χ3n) is 4.68. The quantitative estimate of drug-likeness (QED) is 0.734. The lowest BCUT2D eigenvalue weighted by molar-refractivity contribution is 0.566. The lowest BCUT2D eigenvalue weighted by Crippen LogP contribution is -2.39. The Morgan fingerprint density at radius 3 is 2.35 bits per heavy atom. The van der Waals surface area contributed by atoms with Crippen LogP contribution < -0.4 is 11.2 Å². The Balaban J connectivity index is 2.51. The zero-order valence-corrected chi connectivity index (χ0v) is 14.4. The number of hydrogen-bond acceptors (Lipinski definition) is 3. The van der Waals surface area contributed by atoms with Crippen LogP contribution in [-0.2, 0) is 20.1 Å². The van der Waals surface area contributed by atoms with E-state index < -0.39 is 0 Å². The largest absolute Gasteiger partial charge is 0.332 e. The van der Waals surface area contributed by atoms with Crippen LogP contribution in [0.3, 0.4) is 0 Å². The molecule has 3 heterocycles. The zero-order chi connectivity index (χ0) is 16.9. The second-order valence-corrected chi connectivity index (χ2v) is 5.99. The Morgan fingerprint density at radius 1 is 1.04 bits per heavy atom. The minimum atomic E-state index is -0.297. The smallest absolute Gasteiger partial charge is 0.314 e. The van der Waals surface area contributed by atoms with Gasteiger partial charge in [0.1, 0.15) is 0 Å². The molecule has 0 N–H and O–H groups in total. The lowest BCUT2D eigenvalue weighted by atomic mass is 10.3. The molecule has 124 valence electrons. The summed E-state index contributed by atoms with van der Waals surface area (Å²) >= 11 is 0. The maximum atomic E-state index is 12.9. The molecular formula is C16H23N5O2. The summed E-state index contributed by atoms with van der Waals surface area (Å²) < 4.78 is 6.76. The van der Waals surface area contributed by atoms with Gasteiger partial charge in [0.2, 0.25) is 5.78 Å². The summed E-state index contributed by atoms with van der Waals surface area (Å²) in [6.45, 7) is 9.31. The number of aromatic nitrogens is 5. The molecular weight excluding hydrogens is 294 g/mol. The van der Waals surface area contributed by atoms with E-state index in [4.69, 9.17) is 0 Å². The van der Waals surface area contributed by atoms with Crippen molar-refractivity contribution in [1.29, 1.82) is 0 Å². The van der Waals surface area contributed by atoms with Gasteiger partial charge >= 0.3 is 5.69 Å². The zero-order valence-electron chi connectivity index (χ0n) is 14.4. The van der Waals surface area contributed by atoms with E-state index >= 15 is 0 Å². The fourth-order valence-corrected chi connectivity index (χ4v) is 3.21. The van der Waals surface area contributed by atoms with Crippen LogP contribution in [0.25, 0.3) is 16.9 Å². The first-order valence-corrected chi connectivity index (χ1v) is 8.11. The van der Waals surface area contributed by atoms with Gasteiger partial charge in [0.15, 0.2) is 11.2 Å². The molecule has 0 aliphatic carbocycles. The van der Waals surface area contributed by atoms with Crippen molar-refractivity contribution in [1.82, 2.24) is 23.1 Å². The number of unbranched alkanes of at least 4 members (excludes halogenated alkanes) is 1. The standard InChI is InChI=1S/C16H23N5O2/c1-6-8-9-20-14(22)12-13(18(5)16(20)23)17-15-19(7-2)10(3)11(4)21(12)15/h6-9H2,1-5H3. The highest BCUT2D eigenvalue weighted by Crippen LogP contribution is 2.20. The maximum absolute atomic E-state index is 12.9. The van der Waals surface area contributed by atoms with E-state index in [2.05, 4.69) is 9.55 Å². The number of imidazole rings is 2. The van der Waals surface area contributed by atoms with Crippen molar-refractivity contribution >= 4 is 16.9 Å². The van der Waals surface area contributed by atoms with E-state index in [1.54, 1.807) is 7.05 Å². The van der Waals surface area contributed by atoms with Crippen LogP contribution >= 0.6 is 0 Å². The van der Waals surface area contributed by atoms with Gasteiger partial charge in [0.25, 0.3) is 5.56 Å². The molecule has 3 rings (SSSR count). The molecule has 0 bridgehead atoms. The molecule has 3 aromatic heterocycles. The van der Waals surface area contributed by atoms with Gasteiger partial charge in [-0.3, -0.25) is 18.3 Å². The van der Waals surface area contributed by atoms with Crippen LogP contribution in [0.4, 0.5) is 0 Å². The second-order valence-electron chi connectivity index (χ2n) is 5.99. The van der Waals surface area contributed by atoms with Gasteiger partial charge in [-0.2, -0.15) is 4.98 Å². The molecule has 0 aliphatic rings. The van der Waals surface area contributed by atoms with E-state index in [0.717, 1.165) is 36.6 Å².